The van der Waals surface area contributed by atoms with Crippen molar-refractivity contribution in [2.75, 3.05) is 0 Å². The lowest BCUT2D eigenvalue weighted by molar-refractivity contribution is 0.257. The minimum atomic E-state index is -0.523. The van der Waals surface area contributed by atoms with E-state index < -0.39 is 6.03 Å². The number of rotatable bonds is 2. The number of urea groups is 1. The van der Waals surface area contributed by atoms with Crippen molar-refractivity contribution >= 4 is 62.9 Å². The highest BCUT2D eigenvalue weighted by atomic mass is 35.5. The number of H-pyrrole nitrogens is 1. The monoisotopic (exact) mass is 361 g/mol. The molecule has 0 radical (unpaired) electrons. The average molecular weight is 362 g/mol. The summed E-state index contributed by atoms with van der Waals surface area (Å²) in [6.07, 6.45) is 2.29. The van der Waals surface area contributed by atoms with Crippen LogP contribution in [-0.2, 0) is 0 Å². The van der Waals surface area contributed by atoms with Crippen LogP contribution in [0.1, 0.15) is 17.5 Å². The number of fused-ring (bicyclic) bond motifs is 1. The molecule has 1 aromatic carbocycles. The van der Waals surface area contributed by atoms with Gasteiger partial charge in [0.1, 0.15) is 4.34 Å². The molecule has 2 amide bonds. The van der Waals surface area contributed by atoms with Crippen molar-refractivity contribution in [3.05, 3.63) is 56.3 Å². The van der Waals surface area contributed by atoms with Crippen molar-refractivity contribution in [1.29, 1.82) is 0 Å². The van der Waals surface area contributed by atoms with E-state index in [-0.39, 0.29) is 0 Å². The topological polar surface area (TPSA) is 57.6 Å². The Balaban J connectivity index is 1.77. The maximum atomic E-state index is 11.9. The van der Waals surface area contributed by atoms with Gasteiger partial charge in [-0.25, -0.2) is 4.79 Å². The number of nitrogens with one attached hydrogen (secondary N) is 1. The van der Waals surface area contributed by atoms with E-state index in [4.69, 9.17) is 23.2 Å². The molecule has 1 aliphatic heterocycles. The lowest BCUT2D eigenvalue weighted by atomic mass is 10.00. The number of carbonyl (C=O) groups is 1. The number of carbonyl (C=O) groups excluding carboxylic acids is 1. The van der Waals surface area contributed by atoms with Crippen molar-refractivity contribution in [3.8, 4) is 0 Å². The Morgan fingerprint density at radius 3 is 2.57 bits per heavy atom. The van der Waals surface area contributed by atoms with Gasteiger partial charge in [0.05, 0.1) is 15.8 Å². The van der Waals surface area contributed by atoms with Crippen LogP contribution in [0.15, 0.2) is 46.5 Å². The molecule has 23 heavy (non-hydrogen) atoms. The number of amides is 2. The molecule has 7 heteroatoms. The number of aromatic amines is 1. The zero-order valence-electron chi connectivity index (χ0n) is 11.6. The summed E-state index contributed by atoms with van der Waals surface area (Å²) in [5, 5.41) is 1.02. The second-order valence-corrected chi connectivity index (χ2v) is 7.35. The fraction of sp³-hybridized carbons (Fsp3) is 0.0625. The summed E-state index contributed by atoms with van der Waals surface area (Å²) < 4.78 is 1.10. The molecular weight excluding hydrogens is 353 g/mol. The SMILES string of the molecule is O=C1N=C(c2cc(Cl)sc2Cl)CC(c2c[nH]c3ccccc23)=N1. The number of nitrogens with zero attached hydrogens (tertiary/aromatic N) is 2. The van der Waals surface area contributed by atoms with Crippen molar-refractivity contribution in [3.63, 3.8) is 0 Å². The molecule has 0 aliphatic carbocycles. The van der Waals surface area contributed by atoms with Crippen LogP contribution >= 0.6 is 34.5 Å². The van der Waals surface area contributed by atoms with Gasteiger partial charge >= 0.3 is 6.03 Å². The van der Waals surface area contributed by atoms with Crippen LogP contribution in [0, 0.1) is 0 Å². The van der Waals surface area contributed by atoms with Crippen molar-refractivity contribution in [1.82, 2.24) is 4.98 Å². The second-order valence-electron chi connectivity index (χ2n) is 5.06. The van der Waals surface area contributed by atoms with Crippen molar-refractivity contribution in [2.45, 2.75) is 6.42 Å². The maximum Gasteiger partial charge on any atom is 0.367 e. The summed E-state index contributed by atoms with van der Waals surface area (Å²) in [7, 11) is 0. The predicted molar refractivity (Wildman–Crippen MR) is 95.7 cm³/mol. The van der Waals surface area contributed by atoms with E-state index in [1.165, 1.54) is 11.3 Å². The number of para-hydroxylation sites is 1. The van der Waals surface area contributed by atoms with Gasteiger partial charge in [-0.3, -0.25) is 0 Å². The summed E-state index contributed by atoms with van der Waals surface area (Å²) in [5.74, 6) is 0. The normalized spacial score (nSPS) is 15.0. The highest BCUT2D eigenvalue weighted by Crippen LogP contribution is 2.33. The molecule has 0 fully saturated rings. The molecule has 2 aromatic heterocycles. The van der Waals surface area contributed by atoms with E-state index in [0.717, 1.165) is 16.5 Å². The largest absolute Gasteiger partial charge is 0.367 e. The van der Waals surface area contributed by atoms with Gasteiger partial charge < -0.3 is 4.98 Å². The van der Waals surface area contributed by atoms with E-state index in [0.29, 0.717) is 32.1 Å². The smallest absolute Gasteiger partial charge is 0.360 e. The molecule has 1 N–H and O–H groups in total. The Kier molecular flexibility index (Phi) is 3.56. The molecule has 1 aliphatic rings. The lowest BCUT2D eigenvalue weighted by Gasteiger charge is -2.11. The maximum absolute atomic E-state index is 11.9. The van der Waals surface area contributed by atoms with Gasteiger partial charge in [-0.05, 0) is 12.1 Å². The van der Waals surface area contributed by atoms with Crippen LogP contribution in [0.2, 0.25) is 8.67 Å². The third kappa shape index (κ3) is 2.61. The number of thiophene rings is 1. The summed E-state index contributed by atoms with van der Waals surface area (Å²) in [6.45, 7) is 0. The molecule has 0 atom stereocenters. The van der Waals surface area contributed by atoms with Gasteiger partial charge in [0.2, 0.25) is 0 Å². The number of aromatic nitrogens is 1. The van der Waals surface area contributed by atoms with Gasteiger partial charge in [0.25, 0.3) is 0 Å². The summed E-state index contributed by atoms with van der Waals surface area (Å²) in [4.78, 5) is 23.2. The number of aliphatic imine (C=N–C) groups is 2. The quantitative estimate of drug-likeness (QED) is 0.657. The van der Waals surface area contributed by atoms with Gasteiger partial charge in [-0.15, -0.1) is 11.3 Å². The summed E-state index contributed by atoms with van der Waals surface area (Å²) >= 11 is 13.4. The third-order valence-electron chi connectivity index (χ3n) is 3.66. The molecule has 0 unspecified atom stereocenters. The van der Waals surface area contributed by atoms with Crippen LogP contribution in [0.4, 0.5) is 4.79 Å². The van der Waals surface area contributed by atoms with Gasteiger partial charge in [-0.1, -0.05) is 41.4 Å². The first-order valence-electron chi connectivity index (χ1n) is 6.82. The van der Waals surface area contributed by atoms with Gasteiger partial charge in [0.15, 0.2) is 0 Å². The van der Waals surface area contributed by atoms with Gasteiger partial charge in [-0.2, -0.15) is 9.98 Å². The Hall–Kier alpha value is -1.95. The minimum absolute atomic E-state index is 0.431. The Bertz CT molecular complexity index is 1000. The van der Waals surface area contributed by atoms with Crippen LogP contribution < -0.4 is 0 Å². The molecule has 0 bridgehead atoms. The molecule has 3 heterocycles. The molecule has 4 rings (SSSR count). The number of benzene rings is 1. The zero-order chi connectivity index (χ0) is 16.0. The van der Waals surface area contributed by atoms with Crippen molar-refractivity contribution < 1.29 is 4.79 Å². The lowest BCUT2D eigenvalue weighted by Crippen LogP contribution is -2.17. The predicted octanol–water partition coefficient (Wildman–Crippen LogP) is 5.34. The molecule has 0 saturated carbocycles. The first kappa shape index (κ1) is 14.6. The fourth-order valence-corrected chi connectivity index (χ4v) is 4.16. The number of hydrogen-bond donors (Lipinski definition) is 1. The van der Waals surface area contributed by atoms with E-state index in [9.17, 15) is 4.79 Å². The van der Waals surface area contributed by atoms with E-state index >= 15 is 0 Å². The van der Waals surface area contributed by atoms with Gasteiger partial charge in [0, 0.05) is 34.6 Å². The zero-order valence-corrected chi connectivity index (χ0v) is 14.0. The standard InChI is InChI=1S/C16H9Cl2N3OS/c17-14-5-9(15(18)23-14)12-6-13(21-16(22)20-12)10-7-19-11-4-2-1-3-8(10)11/h1-5,7,19H,6H2. The molecule has 114 valence electrons. The highest BCUT2D eigenvalue weighted by molar-refractivity contribution is 7.20. The fourth-order valence-electron chi connectivity index (χ4n) is 2.65. The molecule has 3 aromatic rings. The second kappa shape index (κ2) is 5.60. The number of halogens is 2. The molecule has 0 saturated heterocycles. The third-order valence-corrected chi connectivity index (χ3v) is 5.15. The van der Waals surface area contributed by atoms with Crippen LogP contribution in [0.5, 0.6) is 0 Å². The van der Waals surface area contributed by atoms with Crippen LogP contribution in [0.25, 0.3) is 10.9 Å². The Labute approximate surface area is 145 Å². The van der Waals surface area contributed by atoms with Crippen LogP contribution in [-0.4, -0.2) is 22.4 Å². The first-order chi connectivity index (χ1) is 11.1. The first-order valence-corrected chi connectivity index (χ1v) is 8.40. The van der Waals surface area contributed by atoms with E-state index in [1.54, 1.807) is 6.07 Å². The Morgan fingerprint density at radius 2 is 1.83 bits per heavy atom. The van der Waals surface area contributed by atoms with Crippen molar-refractivity contribution in [2.24, 2.45) is 9.98 Å². The summed E-state index contributed by atoms with van der Waals surface area (Å²) in [5.41, 5.74) is 3.87. The average Bonchev–Trinajstić information content (AvgIpc) is 3.09. The number of hydrogen-bond acceptors (Lipinski definition) is 2. The molecule has 4 nitrogen and oxygen atoms in total. The highest BCUT2D eigenvalue weighted by Gasteiger charge is 2.22. The molecular formula is C16H9Cl2N3OS. The van der Waals surface area contributed by atoms with E-state index in [1.807, 2.05) is 30.5 Å². The summed E-state index contributed by atoms with van der Waals surface area (Å²) in [6, 6.07) is 9.10. The van der Waals surface area contributed by atoms with Crippen LogP contribution in [0.3, 0.4) is 0 Å². The minimum Gasteiger partial charge on any atom is -0.360 e. The molecule has 0 spiro atoms. The Morgan fingerprint density at radius 1 is 1.09 bits per heavy atom. The van der Waals surface area contributed by atoms with E-state index in [2.05, 4.69) is 15.0 Å².